The molecule has 5 nitrogen and oxygen atoms in total. The molecular weight excluding hydrogens is 227 g/mol. The van der Waals surface area contributed by atoms with Crippen molar-refractivity contribution in [2.75, 3.05) is 0 Å². The van der Waals surface area contributed by atoms with E-state index >= 15 is 0 Å². The molecule has 0 aliphatic heterocycles. The first-order chi connectivity index (χ1) is 0. The van der Waals surface area contributed by atoms with Crippen molar-refractivity contribution in [1.82, 2.24) is 0 Å². The molecule has 0 rings (SSSR count). The Kier molecular flexibility index (Phi) is 801. The van der Waals surface area contributed by atoms with Crippen LogP contribution in [0.3, 0.4) is 0 Å². The second-order valence-electron chi connectivity index (χ2n) is 0. The Labute approximate surface area is 212 Å². The van der Waals surface area contributed by atoms with E-state index in [1.165, 1.54) is 0 Å². The van der Waals surface area contributed by atoms with E-state index in [0.29, 0.717) is 0 Å². The number of hydrogen-bond acceptors (Lipinski definition) is 5. The SMILES string of the molecule is [K+].[K+].[Na+].[Na+].[Na+].[OH-].[OH-].[OH-].[OH-].[OH-]. The van der Waals surface area contributed by atoms with Gasteiger partial charge < -0.3 is 27.4 Å². The number of hydrogen-bond donors (Lipinski definition) is 0. The monoisotopic (exact) mass is 232 g/mol. The van der Waals surface area contributed by atoms with Gasteiger partial charge in [-0.3, -0.25) is 0 Å². The van der Waals surface area contributed by atoms with Gasteiger partial charge in [-0.15, -0.1) is 0 Å². The third kappa shape index (κ3) is 65.2. The van der Waals surface area contributed by atoms with Crippen molar-refractivity contribution < 1.29 is 219 Å². The van der Waals surface area contributed by atoms with E-state index < -0.39 is 0 Å². The summed E-state index contributed by atoms with van der Waals surface area (Å²) in [5.41, 5.74) is 0. The Hall–Kier alpha value is 6.07. The van der Waals surface area contributed by atoms with E-state index in [1.54, 1.807) is 0 Å². The van der Waals surface area contributed by atoms with Gasteiger partial charge in [0.15, 0.2) is 0 Å². The predicted molar refractivity (Wildman–Crippen MR) is 9.68 cm³/mol. The molecule has 0 heterocycles. The van der Waals surface area contributed by atoms with Crippen LogP contribution in [0.15, 0.2) is 0 Å². The molecule has 40 valence electrons. The molecule has 0 aliphatic rings. The fraction of sp³-hybridized carbons (Fsp3) is 0. The van der Waals surface area contributed by atoms with Crippen LogP contribution in [0, 0.1) is 0 Å². The maximum absolute atomic E-state index is 0. The molecule has 0 aromatic rings. The quantitative estimate of drug-likeness (QED) is 0.380. The van der Waals surface area contributed by atoms with E-state index in [9.17, 15) is 0 Å². The van der Waals surface area contributed by atoms with E-state index in [2.05, 4.69) is 0 Å². The molecule has 0 fully saturated rings. The molecule has 0 amide bonds. The molecule has 0 aromatic heterocycles. The Balaban J connectivity index is 0. The summed E-state index contributed by atoms with van der Waals surface area (Å²) >= 11 is 0. The third-order valence-corrected chi connectivity index (χ3v) is 0. The van der Waals surface area contributed by atoms with Gasteiger partial charge >= 0.3 is 191 Å². The van der Waals surface area contributed by atoms with Crippen LogP contribution in [0.5, 0.6) is 0 Å². The maximum Gasteiger partial charge on any atom is 1.00 e. The Morgan fingerprint density at radius 2 is 0.300 bits per heavy atom. The largest absolute Gasteiger partial charge is 1.00 e. The van der Waals surface area contributed by atoms with Crippen molar-refractivity contribution in [2.24, 2.45) is 0 Å². The Morgan fingerprint density at radius 3 is 0.300 bits per heavy atom. The van der Waals surface area contributed by atoms with E-state index in [1.807, 2.05) is 0 Å². The summed E-state index contributed by atoms with van der Waals surface area (Å²) in [4.78, 5) is 0. The molecule has 0 saturated carbocycles. The molecule has 5 N–H and O–H groups in total. The van der Waals surface area contributed by atoms with Crippen molar-refractivity contribution in [3.8, 4) is 0 Å². The van der Waals surface area contributed by atoms with Crippen LogP contribution in [-0.2, 0) is 0 Å². The van der Waals surface area contributed by atoms with Crippen molar-refractivity contribution in [3.05, 3.63) is 0 Å². The molecule has 0 aromatic carbocycles. The second-order valence-corrected chi connectivity index (χ2v) is 0. The summed E-state index contributed by atoms with van der Waals surface area (Å²) < 4.78 is 0. The van der Waals surface area contributed by atoms with Crippen LogP contribution in [-0.4, -0.2) is 27.4 Å². The predicted octanol–water partition coefficient (Wildman–Crippen LogP) is -15.9. The minimum Gasteiger partial charge on any atom is -0.870 e. The van der Waals surface area contributed by atoms with Gasteiger partial charge in [0.1, 0.15) is 0 Å². The van der Waals surface area contributed by atoms with Gasteiger partial charge in [0.2, 0.25) is 0 Å². The zero-order chi connectivity index (χ0) is 0. The van der Waals surface area contributed by atoms with Crippen LogP contribution >= 0.6 is 0 Å². The van der Waals surface area contributed by atoms with Crippen molar-refractivity contribution in [3.63, 3.8) is 0 Å². The fourth-order valence-electron chi connectivity index (χ4n) is 0. The van der Waals surface area contributed by atoms with Gasteiger partial charge in [0.25, 0.3) is 0 Å². The van der Waals surface area contributed by atoms with Gasteiger partial charge in [-0.25, -0.2) is 0 Å². The smallest absolute Gasteiger partial charge is 0.870 e. The zero-order valence-corrected chi connectivity index (χ0v) is 19.5. The molecule has 0 radical (unpaired) electrons. The van der Waals surface area contributed by atoms with Gasteiger partial charge in [0.05, 0.1) is 0 Å². The van der Waals surface area contributed by atoms with Crippen molar-refractivity contribution in [2.45, 2.75) is 0 Å². The first-order valence-corrected chi connectivity index (χ1v) is 0. The third-order valence-electron chi connectivity index (χ3n) is 0. The van der Waals surface area contributed by atoms with Crippen molar-refractivity contribution >= 4 is 0 Å². The minimum atomic E-state index is 0. The van der Waals surface area contributed by atoms with Crippen LogP contribution < -0.4 is 191 Å². The molecule has 0 saturated heterocycles. The van der Waals surface area contributed by atoms with Gasteiger partial charge in [-0.05, 0) is 0 Å². The molecular formula is H5K2Na3O5. The molecule has 0 atom stereocenters. The summed E-state index contributed by atoms with van der Waals surface area (Å²) in [6.45, 7) is 0. The molecule has 10 heavy (non-hydrogen) atoms. The zero-order valence-electron chi connectivity index (χ0n) is 7.24. The standard InChI is InChI=1S/2K.3Na.5H2O/h;;;;;5*1H2/q5*+1;;;;;/p-5. The molecule has 0 spiro atoms. The summed E-state index contributed by atoms with van der Waals surface area (Å²) in [5, 5.41) is 0. The van der Waals surface area contributed by atoms with E-state index in [-0.39, 0.29) is 219 Å². The summed E-state index contributed by atoms with van der Waals surface area (Å²) in [7, 11) is 0. The maximum atomic E-state index is 0. The van der Waals surface area contributed by atoms with E-state index in [4.69, 9.17) is 0 Å². The van der Waals surface area contributed by atoms with Crippen molar-refractivity contribution in [1.29, 1.82) is 0 Å². The normalized spacial score (nSPS) is 0. The second kappa shape index (κ2) is 80.9. The van der Waals surface area contributed by atoms with Gasteiger partial charge in [-0.2, -0.15) is 0 Å². The first-order valence-electron chi connectivity index (χ1n) is 0. The van der Waals surface area contributed by atoms with Crippen LogP contribution in [0.4, 0.5) is 0 Å². The Bertz CT molecular complexity index is 14.9. The summed E-state index contributed by atoms with van der Waals surface area (Å²) in [6.07, 6.45) is 0. The molecule has 0 aliphatic carbocycles. The topological polar surface area (TPSA) is 150 Å². The van der Waals surface area contributed by atoms with Crippen LogP contribution in [0.2, 0.25) is 0 Å². The van der Waals surface area contributed by atoms with Gasteiger partial charge in [-0.1, -0.05) is 0 Å². The van der Waals surface area contributed by atoms with Crippen LogP contribution in [0.1, 0.15) is 0 Å². The summed E-state index contributed by atoms with van der Waals surface area (Å²) in [5.74, 6) is 0. The van der Waals surface area contributed by atoms with E-state index in [0.717, 1.165) is 0 Å². The van der Waals surface area contributed by atoms with Gasteiger partial charge in [0, 0.05) is 0 Å². The molecule has 0 unspecified atom stereocenters. The molecule has 10 heteroatoms. The average molecular weight is 232 g/mol. The number of rotatable bonds is 0. The first kappa shape index (κ1) is 99.0. The fourth-order valence-corrected chi connectivity index (χ4v) is 0. The average Bonchev–Trinajstić information content (AvgIpc) is 0. The minimum absolute atomic E-state index is 0. The van der Waals surface area contributed by atoms with Crippen LogP contribution in [0.25, 0.3) is 0 Å². The molecule has 0 bridgehead atoms. The Morgan fingerprint density at radius 1 is 0.300 bits per heavy atom. The summed E-state index contributed by atoms with van der Waals surface area (Å²) in [6, 6.07) is 0.